The normalized spacial score (nSPS) is 10.4. The highest BCUT2D eigenvalue weighted by Crippen LogP contribution is 2.29. The van der Waals surface area contributed by atoms with Crippen LogP contribution >= 0.6 is 11.3 Å². The predicted molar refractivity (Wildman–Crippen MR) is 62.5 cm³/mol. The SMILES string of the molecule is COc1ncccc1-c1nnc(CCN)s1. The first-order valence-electron chi connectivity index (χ1n) is 4.87. The van der Waals surface area contributed by atoms with Crippen molar-refractivity contribution in [3.8, 4) is 16.5 Å². The summed E-state index contributed by atoms with van der Waals surface area (Å²) in [5, 5.41) is 9.92. The summed E-state index contributed by atoms with van der Waals surface area (Å²) in [6.45, 7) is 0.582. The van der Waals surface area contributed by atoms with Gasteiger partial charge in [-0.2, -0.15) is 0 Å². The summed E-state index contributed by atoms with van der Waals surface area (Å²) in [5.74, 6) is 0.568. The van der Waals surface area contributed by atoms with E-state index in [0.29, 0.717) is 12.4 Å². The molecular weight excluding hydrogens is 224 g/mol. The lowest BCUT2D eigenvalue weighted by Gasteiger charge is -2.02. The van der Waals surface area contributed by atoms with E-state index in [0.717, 1.165) is 22.0 Å². The number of hydrogen-bond acceptors (Lipinski definition) is 6. The van der Waals surface area contributed by atoms with Crippen LogP contribution in [0.1, 0.15) is 5.01 Å². The molecule has 0 aliphatic rings. The van der Waals surface area contributed by atoms with Crippen molar-refractivity contribution in [1.29, 1.82) is 0 Å². The zero-order valence-corrected chi connectivity index (χ0v) is 9.70. The van der Waals surface area contributed by atoms with Gasteiger partial charge in [-0.05, 0) is 18.7 Å². The maximum absolute atomic E-state index is 5.47. The van der Waals surface area contributed by atoms with E-state index in [9.17, 15) is 0 Å². The third-order valence-corrected chi connectivity index (χ3v) is 3.04. The zero-order chi connectivity index (χ0) is 11.4. The molecular formula is C10H12N4OS. The first-order valence-corrected chi connectivity index (χ1v) is 5.68. The van der Waals surface area contributed by atoms with Crippen molar-refractivity contribution in [2.45, 2.75) is 6.42 Å². The minimum Gasteiger partial charge on any atom is -0.480 e. The van der Waals surface area contributed by atoms with Gasteiger partial charge in [-0.15, -0.1) is 10.2 Å². The Bertz CT molecular complexity index is 471. The van der Waals surface area contributed by atoms with Crippen LogP contribution in [-0.2, 0) is 6.42 Å². The van der Waals surface area contributed by atoms with E-state index in [1.807, 2.05) is 12.1 Å². The molecule has 2 N–H and O–H groups in total. The third kappa shape index (κ3) is 2.17. The topological polar surface area (TPSA) is 73.9 Å². The molecule has 2 heterocycles. The van der Waals surface area contributed by atoms with Crippen LogP contribution in [0.2, 0.25) is 0 Å². The smallest absolute Gasteiger partial charge is 0.223 e. The van der Waals surface area contributed by atoms with Crippen LogP contribution in [0.3, 0.4) is 0 Å². The molecule has 5 nitrogen and oxygen atoms in total. The molecule has 0 radical (unpaired) electrons. The fraction of sp³-hybridized carbons (Fsp3) is 0.300. The molecule has 0 aliphatic heterocycles. The molecule has 2 aromatic rings. The fourth-order valence-corrected chi connectivity index (χ4v) is 2.17. The molecule has 0 aromatic carbocycles. The zero-order valence-electron chi connectivity index (χ0n) is 8.88. The Hall–Kier alpha value is -1.53. The average Bonchev–Trinajstić information content (AvgIpc) is 2.78. The first kappa shape index (κ1) is 11.0. The lowest BCUT2D eigenvalue weighted by molar-refractivity contribution is 0.399. The van der Waals surface area contributed by atoms with Gasteiger partial charge in [-0.25, -0.2) is 4.98 Å². The van der Waals surface area contributed by atoms with Crippen LogP contribution in [0, 0.1) is 0 Å². The van der Waals surface area contributed by atoms with Crippen molar-refractivity contribution in [3.63, 3.8) is 0 Å². The average molecular weight is 236 g/mol. The van der Waals surface area contributed by atoms with Gasteiger partial charge >= 0.3 is 0 Å². The first-order chi connectivity index (χ1) is 7.85. The molecule has 0 saturated carbocycles. The van der Waals surface area contributed by atoms with Gasteiger partial charge < -0.3 is 10.5 Å². The van der Waals surface area contributed by atoms with E-state index in [1.54, 1.807) is 13.3 Å². The molecule has 2 rings (SSSR count). The van der Waals surface area contributed by atoms with E-state index < -0.39 is 0 Å². The fourth-order valence-electron chi connectivity index (χ4n) is 1.30. The van der Waals surface area contributed by atoms with Gasteiger partial charge in [-0.3, -0.25) is 0 Å². The third-order valence-electron chi connectivity index (χ3n) is 2.02. The van der Waals surface area contributed by atoms with E-state index in [-0.39, 0.29) is 0 Å². The maximum atomic E-state index is 5.47. The van der Waals surface area contributed by atoms with Gasteiger partial charge in [-0.1, -0.05) is 11.3 Å². The van der Waals surface area contributed by atoms with Crippen LogP contribution in [0.25, 0.3) is 10.6 Å². The number of methoxy groups -OCH3 is 1. The number of hydrogen-bond donors (Lipinski definition) is 1. The van der Waals surface area contributed by atoms with Gasteiger partial charge in [0.2, 0.25) is 5.88 Å². The van der Waals surface area contributed by atoms with Crippen LogP contribution in [0.5, 0.6) is 5.88 Å². The molecule has 0 aliphatic carbocycles. The second-order valence-corrected chi connectivity index (χ2v) is 4.16. The number of ether oxygens (including phenoxy) is 1. The molecule has 0 bridgehead atoms. The monoisotopic (exact) mass is 236 g/mol. The van der Waals surface area contributed by atoms with Crippen molar-refractivity contribution in [2.24, 2.45) is 5.73 Å². The Kier molecular flexibility index (Phi) is 3.43. The number of pyridine rings is 1. The van der Waals surface area contributed by atoms with Crippen LogP contribution in [-0.4, -0.2) is 28.8 Å². The lowest BCUT2D eigenvalue weighted by atomic mass is 10.3. The van der Waals surface area contributed by atoms with Gasteiger partial charge in [0, 0.05) is 12.6 Å². The standard InChI is InChI=1S/C10H12N4OS/c1-15-9-7(3-2-6-12-9)10-14-13-8(16-10)4-5-11/h2-3,6H,4-5,11H2,1H3. The minimum absolute atomic E-state index is 0.568. The summed E-state index contributed by atoms with van der Waals surface area (Å²) >= 11 is 1.52. The molecule has 0 unspecified atom stereocenters. The van der Waals surface area contributed by atoms with Crippen molar-refractivity contribution in [1.82, 2.24) is 15.2 Å². The van der Waals surface area contributed by atoms with Crippen LogP contribution < -0.4 is 10.5 Å². The van der Waals surface area contributed by atoms with Crippen LogP contribution in [0.15, 0.2) is 18.3 Å². The summed E-state index contributed by atoms with van der Waals surface area (Å²) in [6.07, 6.45) is 2.43. The molecule has 0 fully saturated rings. The van der Waals surface area contributed by atoms with Crippen molar-refractivity contribution >= 4 is 11.3 Å². The molecule has 16 heavy (non-hydrogen) atoms. The molecule has 0 amide bonds. The van der Waals surface area contributed by atoms with Crippen molar-refractivity contribution in [2.75, 3.05) is 13.7 Å². The number of rotatable bonds is 4. The Morgan fingerprint density at radius 3 is 3.06 bits per heavy atom. The van der Waals surface area contributed by atoms with Gasteiger partial charge in [0.05, 0.1) is 12.7 Å². The molecule has 84 valence electrons. The van der Waals surface area contributed by atoms with Crippen LogP contribution in [0.4, 0.5) is 0 Å². The van der Waals surface area contributed by atoms with E-state index in [1.165, 1.54) is 11.3 Å². The number of nitrogens with two attached hydrogens (primary N) is 1. The molecule has 0 spiro atoms. The van der Waals surface area contributed by atoms with Crippen molar-refractivity contribution < 1.29 is 4.74 Å². The second-order valence-electron chi connectivity index (χ2n) is 3.10. The molecule has 0 atom stereocenters. The summed E-state index contributed by atoms with van der Waals surface area (Å²) in [5.41, 5.74) is 6.33. The number of nitrogens with zero attached hydrogens (tertiary/aromatic N) is 3. The summed E-state index contributed by atoms with van der Waals surface area (Å²) in [6, 6.07) is 3.76. The second kappa shape index (κ2) is 5.00. The van der Waals surface area contributed by atoms with Crippen molar-refractivity contribution in [3.05, 3.63) is 23.3 Å². The number of aromatic nitrogens is 3. The maximum Gasteiger partial charge on any atom is 0.223 e. The summed E-state index contributed by atoms with van der Waals surface area (Å²) in [4.78, 5) is 4.12. The Balaban J connectivity index is 2.34. The Morgan fingerprint density at radius 1 is 1.44 bits per heavy atom. The Morgan fingerprint density at radius 2 is 2.31 bits per heavy atom. The van der Waals surface area contributed by atoms with E-state index in [4.69, 9.17) is 10.5 Å². The molecule has 2 aromatic heterocycles. The quantitative estimate of drug-likeness (QED) is 0.860. The lowest BCUT2D eigenvalue weighted by Crippen LogP contribution is -2.01. The van der Waals surface area contributed by atoms with Gasteiger partial charge in [0.15, 0.2) is 5.01 Å². The van der Waals surface area contributed by atoms with Gasteiger partial charge in [0.25, 0.3) is 0 Å². The largest absolute Gasteiger partial charge is 0.480 e. The Labute approximate surface area is 97.3 Å². The van der Waals surface area contributed by atoms with E-state index >= 15 is 0 Å². The highest BCUT2D eigenvalue weighted by molar-refractivity contribution is 7.14. The summed E-state index contributed by atoms with van der Waals surface area (Å²) in [7, 11) is 1.59. The predicted octanol–water partition coefficient (Wildman–Crippen LogP) is 1.11. The highest BCUT2D eigenvalue weighted by Gasteiger charge is 2.11. The van der Waals surface area contributed by atoms with Gasteiger partial charge in [0.1, 0.15) is 5.01 Å². The highest BCUT2D eigenvalue weighted by atomic mass is 32.1. The molecule has 6 heteroatoms. The van der Waals surface area contributed by atoms with E-state index in [2.05, 4.69) is 15.2 Å². The molecule has 0 saturated heterocycles. The summed E-state index contributed by atoms with van der Waals surface area (Å²) < 4.78 is 5.17. The minimum atomic E-state index is 0.568.